The van der Waals surface area contributed by atoms with E-state index in [1.54, 1.807) is 26.8 Å². The Morgan fingerprint density at radius 3 is 2.42 bits per heavy atom. The van der Waals surface area contributed by atoms with Crippen molar-refractivity contribution in [1.29, 1.82) is 0 Å². The van der Waals surface area contributed by atoms with Crippen LogP contribution in [0.2, 0.25) is 0 Å². The number of rotatable bonds is 4. The molecular weight excluding hydrogens is 251 g/mol. The van der Waals surface area contributed by atoms with Crippen molar-refractivity contribution in [3.63, 3.8) is 0 Å². The van der Waals surface area contributed by atoms with Crippen molar-refractivity contribution < 1.29 is 19.1 Å². The van der Waals surface area contributed by atoms with Gasteiger partial charge in [-0.15, -0.1) is 0 Å². The summed E-state index contributed by atoms with van der Waals surface area (Å²) in [5.41, 5.74) is 0.741. The molecule has 0 saturated heterocycles. The quantitative estimate of drug-likeness (QED) is 0.784. The normalized spacial score (nSPS) is 12.1. The molecule has 6 heteroatoms. The first-order chi connectivity index (χ1) is 8.81. The van der Waals surface area contributed by atoms with Crippen LogP contribution in [0.3, 0.4) is 0 Å². The molecule has 0 radical (unpaired) electrons. The van der Waals surface area contributed by atoms with Crippen molar-refractivity contribution in [2.45, 2.75) is 26.8 Å². The van der Waals surface area contributed by atoms with Gasteiger partial charge < -0.3 is 15.7 Å². The first kappa shape index (κ1) is 14.9. The monoisotopic (exact) mass is 268 g/mol. The van der Waals surface area contributed by atoms with Gasteiger partial charge in [-0.05, 0) is 30.5 Å². The van der Waals surface area contributed by atoms with E-state index >= 15 is 0 Å². The molecule has 3 N–H and O–H groups in total. The molecule has 1 atom stereocenters. The highest BCUT2D eigenvalue weighted by Crippen LogP contribution is 2.15. The van der Waals surface area contributed by atoms with Crippen LogP contribution >= 0.6 is 0 Å². The van der Waals surface area contributed by atoms with Crippen molar-refractivity contribution in [1.82, 2.24) is 5.32 Å². The lowest BCUT2D eigenvalue weighted by molar-refractivity contribution is -0.140. The fourth-order valence-electron chi connectivity index (χ4n) is 1.53. The third kappa shape index (κ3) is 4.24. The van der Waals surface area contributed by atoms with Crippen LogP contribution in [0.25, 0.3) is 0 Å². The number of hydrogen-bond acceptors (Lipinski definition) is 2. The van der Waals surface area contributed by atoms with Crippen LogP contribution in [0, 0.1) is 18.7 Å². The van der Waals surface area contributed by atoms with E-state index in [0.29, 0.717) is 0 Å². The number of carbonyl (C=O) groups is 2. The lowest BCUT2D eigenvalue weighted by Gasteiger charge is -2.18. The maximum absolute atomic E-state index is 13.5. The molecule has 1 aromatic carbocycles. The number of urea groups is 1. The van der Waals surface area contributed by atoms with E-state index in [1.165, 1.54) is 12.1 Å². The Kier molecular flexibility index (Phi) is 4.86. The summed E-state index contributed by atoms with van der Waals surface area (Å²) < 4.78 is 13.5. The van der Waals surface area contributed by atoms with Crippen LogP contribution in [-0.4, -0.2) is 23.1 Å². The number of anilines is 1. The number of carbonyl (C=O) groups excluding carboxylic acids is 1. The van der Waals surface area contributed by atoms with Crippen LogP contribution in [0.5, 0.6) is 0 Å². The summed E-state index contributed by atoms with van der Waals surface area (Å²) in [6, 6.07) is 2.59. The van der Waals surface area contributed by atoms with Gasteiger partial charge in [-0.25, -0.2) is 14.0 Å². The first-order valence-corrected chi connectivity index (χ1v) is 5.87. The van der Waals surface area contributed by atoms with Gasteiger partial charge in [-0.2, -0.15) is 0 Å². The maximum atomic E-state index is 13.5. The summed E-state index contributed by atoms with van der Waals surface area (Å²) in [7, 11) is 0. The molecule has 0 fully saturated rings. The van der Waals surface area contributed by atoms with Crippen LogP contribution in [0.4, 0.5) is 14.9 Å². The molecule has 0 aromatic heterocycles. The molecule has 0 heterocycles. The molecule has 5 nitrogen and oxygen atoms in total. The third-order valence-electron chi connectivity index (χ3n) is 2.59. The zero-order chi connectivity index (χ0) is 14.6. The Morgan fingerprint density at radius 2 is 1.95 bits per heavy atom. The van der Waals surface area contributed by atoms with E-state index < -0.39 is 23.9 Å². The van der Waals surface area contributed by atoms with Crippen LogP contribution < -0.4 is 10.6 Å². The Labute approximate surface area is 110 Å². The highest BCUT2D eigenvalue weighted by atomic mass is 19.1. The predicted molar refractivity (Wildman–Crippen MR) is 69.6 cm³/mol. The lowest BCUT2D eigenvalue weighted by atomic mass is 10.1. The molecule has 0 spiro atoms. The fourth-order valence-corrected chi connectivity index (χ4v) is 1.53. The topological polar surface area (TPSA) is 78.4 Å². The number of aryl methyl sites for hydroxylation is 1. The van der Waals surface area contributed by atoms with E-state index in [9.17, 15) is 14.0 Å². The van der Waals surface area contributed by atoms with Gasteiger partial charge in [0.25, 0.3) is 0 Å². The number of benzene rings is 1. The van der Waals surface area contributed by atoms with E-state index in [4.69, 9.17) is 5.11 Å². The SMILES string of the molecule is Cc1ccc(NC(=O)N[C@H](C(=O)O)C(C)C)c(F)c1. The molecule has 0 unspecified atom stereocenters. The Bertz CT molecular complexity index is 489. The summed E-state index contributed by atoms with van der Waals surface area (Å²) >= 11 is 0. The summed E-state index contributed by atoms with van der Waals surface area (Å²) in [5, 5.41) is 13.5. The molecule has 0 bridgehead atoms. The molecule has 1 aromatic rings. The molecule has 0 aliphatic rings. The summed E-state index contributed by atoms with van der Waals surface area (Å²) in [6.07, 6.45) is 0. The molecule has 1 rings (SSSR count). The van der Waals surface area contributed by atoms with Gasteiger partial charge in [0.1, 0.15) is 11.9 Å². The number of aliphatic carboxylic acids is 1. The largest absolute Gasteiger partial charge is 0.480 e. The highest BCUT2D eigenvalue weighted by molar-refractivity contribution is 5.92. The Morgan fingerprint density at radius 1 is 1.32 bits per heavy atom. The molecule has 19 heavy (non-hydrogen) atoms. The van der Waals surface area contributed by atoms with Crippen molar-refractivity contribution in [3.8, 4) is 0 Å². The molecule has 0 aliphatic carbocycles. The average Bonchev–Trinajstić information content (AvgIpc) is 2.29. The molecule has 2 amide bonds. The van der Waals surface area contributed by atoms with Crippen LogP contribution in [-0.2, 0) is 4.79 Å². The number of halogens is 1. The van der Waals surface area contributed by atoms with Gasteiger partial charge in [0.15, 0.2) is 0 Å². The van der Waals surface area contributed by atoms with E-state index in [2.05, 4.69) is 10.6 Å². The van der Waals surface area contributed by atoms with Crippen LogP contribution in [0.1, 0.15) is 19.4 Å². The second-order valence-corrected chi connectivity index (χ2v) is 4.64. The lowest BCUT2D eigenvalue weighted by Crippen LogP contribution is -2.46. The smallest absolute Gasteiger partial charge is 0.326 e. The van der Waals surface area contributed by atoms with Gasteiger partial charge >= 0.3 is 12.0 Å². The first-order valence-electron chi connectivity index (χ1n) is 5.87. The van der Waals surface area contributed by atoms with Gasteiger partial charge in [0.2, 0.25) is 0 Å². The molecule has 104 valence electrons. The second kappa shape index (κ2) is 6.17. The second-order valence-electron chi connectivity index (χ2n) is 4.64. The molecule has 0 saturated carbocycles. The van der Waals surface area contributed by atoms with E-state index in [0.717, 1.165) is 5.56 Å². The molecular formula is C13H17FN2O3. The minimum Gasteiger partial charge on any atom is -0.480 e. The van der Waals surface area contributed by atoms with Gasteiger partial charge in [0.05, 0.1) is 5.69 Å². The minimum atomic E-state index is -1.13. The Balaban J connectivity index is 2.72. The summed E-state index contributed by atoms with van der Waals surface area (Å²) in [4.78, 5) is 22.5. The van der Waals surface area contributed by atoms with Gasteiger partial charge in [-0.3, -0.25) is 0 Å². The third-order valence-corrected chi connectivity index (χ3v) is 2.59. The average molecular weight is 268 g/mol. The van der Waals surface area contributed by atoms with Gasteiger partial charge in [0, 0.05) is 0 Å². The highest BCUT2D eigenvalue weighted by Gasteiger charge is 2.23. The van der Waals surface area contributed by atoms with Crippen molar-refractivity contribution in [3.05, 3.63) is 29.6 Å². The van der Waals surface area contributed by atoms with Crippen molar-refractivity contribution in [2.75, 3.05) is 5.32 Å². The van der Waals surface area contributed by atoms with Crippen LogP contribution in [0.15, 0.2) is 18.2 Å². The standard InChI is InChI=1S/C13H17FN2O3/c1-7(2)11(12(17)18)16-13(19)15-10-5-4-8(3)6-9(10)14/h4-7,11H,1-3H3,(H,17,18)(H2,15,16,19)/t11-/m0/s1. The number of amides is 2. The van der Waals surface area contributed by atoms with Crippen molar-refractivity contribution in [2.24, 2.45) is 5.92 Å². The zero-order valence-corrected chi connectivity index (χ0v) is 11.0. The van der Waals surface area contributed by atoms with E-state index in [-0.39, 0.29) is 11.6 Å². The number of hydrogen-bond donors (Lipinski definition) is 3. The number of carboxylic acids is 1. The number of carboxylic acid groups (broad SMARTS) is 1. The van der Waals surface area contributed by atoms with Crippen molar-refractivity contribution >= 4 is 17.7 Å². The minimum absolute atomic E-state index is 0.0102. The Hall–Kier alpha value is -2.11. The molecule has 0 aliphatic heterocycles. The fraction of sp³-hybridized carbons (Fsp3) is 0.385. The van der Waals surface area contributed by atoms with Gasteiger partial charge in [-0.1, -0.05) is 19.9 Å². The number of nitrogens with one attached hydrogen (secondary N) is 2. The summed E-state index contributed by atoms with van der Waals surface area (Å²) in [5.74, 6) is -1.97. The van der Waals surface area contributed by atoms with E-state index in [1.807, 2.05) is 0 Å². The maximum Gasteiger partial charge on any atom is 0.326 e. The predicted octanol–water partition coefficient (Wildman–Crippen LogP) is 2.36. The summed E-state index contributed by atoms with van der Waals surface area (Å²) in [6.45, 7) is 5.07. The zero-order valence-electron chi connectivity index (χ0n) is 11.0.